The number of hydrogen-bond donors (Lipinski definition) is 3. The van der Waals surface area contributed by atoms with E-state index in [2.05, 4.69) is 5.32 Å². The van der Waals surface area contributed by atoms with Crippen molar-refractivity contribution in [1.82, 2.24) is 10.2 Å². The number of carboxylic acid groups (broad SMARTS) is 1. The topological polar surface area (TPSA) is 147 Å². The zero-order valence-electron chi connectivity index (χ0n) is 11.8. The Hall–Kier alpha value is -3.23. The molecule has 0 saturated heterocycles. The van der Waals surface area contributed by atoms with Crippen LogP contribution in [-0.2, 0) is 14.4 Å². The zero-order chi connectivity index (χ0) is 17.1. The second-order valence-corrected chi connectivity index (χ2v) is 4.87. The summed E-state index contributed by atoms with van der Waals surface area (Å²) in [6, 6.07) is 4.57. The number of imide groups is 1. The number of primary amides is 1. The van der Waals surface area contributed by atoms with Crippen LogP contribution >= 0.6 is 0 Å². The van der Waals surface area contributed by atoms with E-state index >= 15 is 0 Å². The molecule has 23 heavy (non-hydrogen) atoms. The highest BCUT2D eigenvalue weighted by molar-refractivity contribution is 6.22. The Bertz CT molecular complexity index is 679. The van der Waals surface area contributed by atoms with Crippen LogP contribution in [0, 0.1) is 0 Å². The Morgan fingerprint density at radius 1 is 1.13 bits per heavy atom. The monoisotopic (exact) mass is 319 g/mol. The number of carbonyl (C=O) groups is 5. The van der Waals surface area contributed by atoms with Crippen LogP contribution in [0.2, 0.25) is 0 Å². The van der Waals surface area contributed by atoms with Gasteiger partial charge in [0.1, 0.15) is 12.6 Å². The molecule has 0 spiro atoms. The highest BCUT2D eigenvalue weighted by Gasteiger charge is 2.36. The van der Waals surface area contributed by atoms with E-state index in [0.717, 1.165) is 0 Å². The molecule has 0 unspecified atom stereocenters. The van der Waals surface area contributed by atoms with Crippen LogP contribution in [0.1, 0.15) is 27.1 Å². The highest BCUT2D eigenvalue weighted by Crippen LogP contribution is 2.21. The molecule has 0 radical (unpaired) electrons. The lowest BCUT2D eigenvalue weighted by molar-refractivity contribution is -0.143. The van der Waals surface area contributed by atoms with Gasteiger partial charge in [0.15, 0.2) is 0 Å². The van der Waals surface area contributed by atoms with Gasteiger partial charge in [0.25, 0.3) is 11.8 Å². The van der Waals surface area contributed by atoms with Gasteiger partial charge in [0.2, 0.25) is 11.8 Å². The van der Waals surface area contributed by atoms with Crippen LogP contribution in [0.3, 0.4) is 0 Å². The molecule has 9 nitrogen and oxygen atoms in total. The van der Waals surface area contributed by atoms with Crippen LogP contribution in [0.25, 0.3) is 0 Å². The van der Waals surface area contributed by atoms with E-state index in [1.54, 1.807) is 12.1 Å². The summed E-state index contributed by atoms with van der Waals surface area (Å²) < 4.78 is 0. The van der Waals surface area contributed by atoms with E-state index in [-0.39, 0.29) is 11.1 Å². The first kappa shape index (κ1) is 16.1. The lowest BCUT2D eigenvalue weighted by atomic mass is 10.1. The molecular weight excluding hydrogens is 306 g/mol. The van der Waals surface area contributed by atoms with Gasteiger partial charge in [0.05, 0.1) is 17.5 Å². The first-order chi connectivity index (χ1) is 10.8. The summed E-state index contributed by atoms with van der Waals surface area (Å²) in [6.07, 6.45) is -0.594. The maximum Gasteiger partial charge on any atom is 0.326 e. The minimum absolute atomic E-state index is 0.178. The van der Waals surface area contributed by atoms with Gasteiger partial charge in [-0.3, -0.25) is 24.1 Å². The SMILES string of the molecule is NC(=O)C[C@H](NC(=O)CN1C(=O)c2ccccc2C1=O)C(=O)O. The van der Waals surface area contributed by atoms with Crippen LogP contribution < -0.4 is 11.1 Å². The molecule has 1 aromatic carbocycles. The van der Waals surface area contributed by atoms with Crippen molar-refractivity contribution in [3.05, 3.63) is 35.4 Å². The van der Waals surface area contributed by atoms with Gasteiger partial charge in [-0.1, -0.05) is 12.1 Å². The number of carbonyl (C=O) groups excluding carboxylic acids is 4. The third-order valence-electron chi connectivity index (χ3n) is 3.22. The van der Waals surface area contributed by atoms with Gasteiger partial charge in [-0.15, -0.1) is 0 Å². The van der Waals surface area contributed by atoms with Crippen LogP contribution in [-0.4, -0.2) is 52.2 Å². The fraction of sp³-hybridized carbons (Fsp3) is 0.214. The predicted molar refractivity (Wildman–Crippen MR) is 75.2 cm³/mol. The van der Waals surface area contributed by atoms with Crippen molar-refractivity contribution >= 4 is 29.6 Å². The van der Waals surface area contributed by atoms with E-state index in [1.807, 2.05) is 0 Å². The quantitative estimate of drug-likeness (QED) is 0.557. The Morgan fingerprint density at radius 3 is 2.09 bits per heavy atom. The molecule has 1 aromatic rings. The van der Waals surface area contributed by atoms with Crippen molar-refractivity contribution < 1.29 is 29.1 Å². The van der Waals surface area contributed by atoms with Gasteiger partial charge >= 0.3 is 5.97 Å². The number of hydrogen-bond acceptors (Lipinski definition) is 5. The molecule has 9 heteroatoms. The maximum atomic E-state index is 12.1. The average Bonchev–Trinajstić information content (AvgIpc) is 2.72. The van der Waals surface area contributed by atoms with Gasteiger partial charge in [-0.2, -0.15) is 0 Å². The molecule has 120 valence electrons. The lowest BCUT2D eigenvalue weighted by Crippen LogP contribution is -2.48. The van der Waals surface area contributed by atoms with Gasteiger partial charge in [-0.05, 0) is 12.1 Å². The normalized spacial score (nSPS) is 14.3. The Balaban J connectivity index is 2.07. The number of nitrogens with zero attached hydrogens (tertiary/aromatic N) is 1. The fourth-order valence-corrected chi connectivity index (χ4v) is 2.17. The highest BCUT2D eigenvalue weighted by atomic mass is 16.4. The molecule has 0 saturated carbocycles. The minimum Gasteiger partial charge on any atom is -0.480 e. The molecule has 4 amide bonds. The summed E-state index contributed by atoms with van der Waals surface area (Å²) in [7, 11) is 0. The summed E-state index contributed by atoms with van der Waals surface area (Å²) in [5, 5.41) is 11.0. The van der Waals surface area contributed by atoms with Crippen molar-refractivity contribution in [2.24, 2.45) is 5.73 Å². The minimum atomic E-state index is -1.52. The summed E-state index contributed by atoms with van der Waals surface area (Å²) >= 11 is 0. The molecular formula is C14H13N3O6. The first-order valence-corrected chi connectivity index (χ1v) is 6.57. The van der Waals surface area contributed by atoms with E-state index in [1.165, 1.54) is 12.1 Å². The fourth-order valence-electron chi connectivity index (χ4n) is 2.17. The third kappa shape index (κ3) is 3.34. The van der Waals surface area contributed by atoms with Gasteiger partial charge in [-0.25, -0.2) is 4.79 Å². The number of rotatable bonds is 6. The number of carboxylic acids is 1. The third-order valence-corrected chi connectivity index (χ3v) is 3.22. The van der Waals surface area contributed by atoms with Crippen molar-refractivity contribution in [3.8, 4) is 0 Å². The molecule has 1 aliphatic rings. The van der Waals surface area contributed by atoms with Crippen molar-refractivity contribution in [2.45, 2.75) is 12.5 Å². The second kappa shape index (κ2) is 6.26. The van der Waals surface area contributed by atoms with Gasteiger partial charge < -0.3 is 16.2 Å². The van der Waals surface area contributed by atoms with E-state index < -0.39 is 48.6 Å². The first-order valence-electron chi connectivity index (χ1n) is 6.57. The van der Waals surface area contributed by atoms with Crippen LogP contribution in [0.15, 0.2) is 24.3 Å². The summed E-state index contributed by atoms with van der Waals surface area (Å²) in [5.74, 6) is -4.50. The Kier molecular flexibility index (Phi) is 4.39. The smallest absolute Gasteiger partial charge is 0.326 e. The molecule has 1 heterocycles. The van der Waals surface area contributed by atoms with Crippen LogP contribution in [0.5, 0.6) is 0 Å². The molecule has 1 aliphatic heterocycles. The summed E-state index contributed by atoms with van der Waals surface area (Å²) in [4.78, 5) is 58.5. The maximum absolute atomic E-state index is 12.1. The van der Waals surface area contributed by atoms with E-state index in [9.17, 15) is 24.0 Å². The van der Waals surface area contributed by atoms with Crippen molar-refractivity contribution in [1.29, 1.82) is 0 Å². The van der Waals surface area contributed by atoms with E-state index in [0.29, 0.717) is 4.90 Å². The van der Waals surface area contributed by atoms with E-state index in [4.69, 9.17) is 10.8 Å². The number of nitrogens with two attached hydrogens (primary N) is 1. The number of aliphatic carboxylic acids is 1. The molecule has 0 aliphatic carbocycles. The predicted octanol–water partition coefficient (Wildman–Crippen LogP) is -1.27. The Morgan fingerprint density at radius 2 is 1.65 bits per heavy atom. The van der Waals surface area contributed by atoms with Crippen molar-refractivity contribution in [3.63, 3.8) is 0 Å². The average molecular weight is 319 g/mol. The Labute approximate surface area is 130 Å². The number of nitrogens with one attached hydrogen (secondary N) is 1. The van der Waals surface area contributed by atoms with Crippen molar-refractivity contribution in [2.75, 3.05) is 6.54 Å². The lowest BCUT2D eigenvalue weighted by Gasteiger charge is -2.16. The molecule has 0 bridgehead atoms. The summed E-state index contributed by atoms with van der Waals surface area (Å²) in [5.41, 5.74) is 5.26. The number of benzene rings is 1. The molecule has 0 aromatic heterocycles. The molecule has 4 N–H and O–H groups in total. The standard InChI is InChI=1S/C14H13N3O6/c15-10(18)5-9(14(22)23)16-11(19)6-17-12(20)7-3-1-2-4-8(7)13(17)21/h1-4,9H,5-6H2,(H2,15,18)(H,16,19)(H,22,23)/t9-/m0/s1. The largest absolute Gasteiger partial charge is 0.480 e. The van der Waals surface area contributed by atoms with Crippen LogP contribution in [0.4, 0.5) is 0 Å². The molecule has 0 fully saturated rings. The van der Waals surface area contributed by atoms with Gasteiger partial charge in [0, 0.05) is 0 Å². The second-order valence-electron chi connectivity index (χ2n) is 4.87. The number of fused-ring (bicyclic) bond motifs is 1. The molecule has 1 atom stereocenters. The zero-order valence-corrected chi connectivity index (χ0v) is 11.8. The molecule has 2 rings (SSSR count). The number of amides is 4. The summed E-state index contributed by atoms with van der Waals surface area (Å²) in [6.45, 7) is -0.644.